The van der Waals surface area contributed by atoms with Gasteiger partial charge in [-0.1, -0.05) is 31.9 Å². The highest BCUT2D eigenvalue weighted by Gasteiger charge is 2.15. The lowest BCUT2D eigenvalue weighted by atomic mass is 10.2. The number of carbonyl (C=O) groups excluding carboxylic acids is 1. The van der Waals surface area contributed by atoms with Gasteiger partial charge in [0.25, 0.3) is 0 Å². The minimum atomic E-state index is -0.206. The van der Waals surface area contributed by atoms with E-state index in [9.17, 15) is 4.79 Å². The van der Waals surface area contributed by atoms with Crippen LogP contribution in [0.4, 0.5) is 5.69 Å². The third kappa shape index (κ3) is 4.29. The first kappa shape index (κ1) is 20.7. The lowest BCUT2D eigenvalue weighted by Gasteiger charge is -2.06. The molecule has 0 saturated heterocycles. The summed E-state index contributed by atoms with van der Waals surface area (Å²) in [5.74, 6) is 1.38. The van der Waals surface area contributed by atoms with Crippen LogP contribution in [0.1, 0.15) is 50.2 Å². The van der Waals surface area contributed by atoms with Gasteiger partial charge in [-0.15, -0.1) is 0 Å². The van der Waals surface area contributed by atoms with Crippen LogP contribution in [0.15, 0.2) is 24.3 Å². The third-order valence-corrected chi connectivity index (χ3v) is 5.82. The van der Waals surface area contributed by atoms with Gasteiger partial charge in [0, 0.05) is 36.8 Å². The summed E-state index contributed by atoms with van der Waals surface area (Å²) in [5, 5.41) is 7.97. The molecule has 1 aliphatic rings. The van der Waals surface area contributed by atoms with E-state index in [1.54, 1.807) is 10.8 Å². The molecule has 6 nitrogen and oxygen atoms in total. The molecule has 1 N–H and O–H groups in total. The zero-order valence-electron chi connectivity index (χ0n) is 17.8. The van der Waals surface area contributed by atoms with Crippen molar-refractivity contribution in [2.75, 3.05) is 5.32 Å². The summed E-state index contributed by atoms with van der Waals surface area (Å²) in [6.45, 7) is 7.90. The molecule has 7 heteroatoms. The first-order chi connectivity index (χ1) is 14.4. The van der Waals surface area contributed by atoms with Crippen molar-refractivity contribution in [2.45, 2.75) is 59.5 Å². The zero-order chi connectivity index (χ0) is 21.3. The molecule has 30 heavy (non-hydrogen) atoms. The van der Waals surface area contributed by atoms with Gasteiger partial charge in [-0.05, 0) is 50.0 Å². The van der Waals surface area contributed by atoms with Crippen molar-refractivity contribution in [3.05, 3.63) is 46.5 Å². The first-order valence-electron chi connectivity index (χ1n) is 10.6. The first-order valence-corrected chi connectivity index (χ1v) is 11.0. The summed E-state index contributed by atoms with van der Waals surface area (Å²) in [7, 11) is 0. The summed E-state index contributed by atoms with van der Waals surface area (Å²) in [5.41, 5.74) is 4.40. The van der Waals surface area contributed by atoms with Crippen LogP contribution in [-0.2, 0) is 24.3 Å². The quantitative estimate of drug-likeness (QED) is 0.569. The molecule has 0 aliphatic carbocycles. The number of anilines is 1. The molecule has 3 heterocycles. The van der Waals surface area contributed by atoms with Gasteiger partial charge in [0.2, 0.25) is 5.91 Å². The smallest absolute Gasteiger partial charge is 0.248 e. The molecule has 1 amide bonds. The van der Waals surface area contributed by atoms with Crippen molar-refractivity contribution >= 4 is 40.3 Å². The number of benzene rings is 1. The molecule has 0 atom stereocenters. The second-order valence-corrected chi connectivity index (χ2v) is 8.74. The van der Waals surface area contributed by atoms with E-state index >= 15 is 0 Å². The Morgan fingerprint density at radius 1 is 1.30 bits per heavy atom. The fraction of sp³-hybridized carbons (Fsp3) is 0.435. The Morgan fingerprint density at radius 3 is 2.93 bits per heavy atom. The number of nitrogens with zero attached hydrogens (tertiary/aromatic N) is 4. The molecule has 2 aromatic heterocycles. The highest BCUT2D eigenvalue weighted by atomic mass is 35.5. The maximum absolute atomic E-state index is 12.5. The maximum atomic E-state index is 12.5. The van der Waals surface area contributed by atoms with Crippen molar-refractivity contribution in [1.29, 1.82) is 0 Å². The third-order valence-electron chi connectivity index (χ3n) is 5.43. The normalized spacial score (nSPS) is 14.4. The summed E-state index contributed by atoms with van der Waals surface area (Å²) in [6.07, 6.45) is 7.89. The average Bonchev–Trinajstić information content (AvgIpc) is 3.04. The molecular weight excluding hydrogens is 398 g/mol. The van der Waals surface area contributed by atoms with E-state index in [0.29, 0.717) is 11.1 Å². The number of nitrogens with one attached hydrogen (secondary N) is 1. The molecule has 0 fully saturated rings. The Hall–Kier alpha value is -2.60. The minimum Gasteiger partial charge on any atom is -0.328 e. The fourth-order valence-electron chi connectivity index (χ4n) is 3.99. The molecule has 3 aromatic rings. The second-order valence-electron chi connectivity index (χ2n) is 8.38. The standard InChI is InChI=1S/C23H28ClN5O/c1-15(2)14-29-23(24)18(16(3)27-29)9-11-22(30)25-17-8-10-20-19(13-17)26-21-7-5-4-6-12-28(20)21/h8-11,13,15H,4-7,12,14H2,1-3H3,(H,25,30)/b11-9+. The van der Waals surface area contributed by atoms with Gasteiger partial charge in [-0.3, -0.25) is 9.48 Å². The minimum absolute atomic E-state index is 0.206. The van der Waals surface area contributed by atoms with Crippen LogP contribution in [0.25, 0.3) is 17.1 Å². The Labute approximate surface area is 181 Å². The molecule has 0 bridgehead atoms. The van der Waals surface area contributed by atoms with Gasteiger partial charge >= 0.3 is 0 Å². The number of imidazole rings is 1. The van der Waals surface area contributed by atoms with E-state index < -0.39 is 0 Å². The Kier molecular flexibility index (Phi) is 5.95. The maximum Gasteiger partial charge on any atom is 0.248 e. The van der Waals surface area contributed by atoms with Crippen LogP contribution in [0.2, 0.25) is 5.15 Å². The van der Waals surface area contributed by atoms with Crippen molar-refractivity contribution in [3.8, 4) is 0 Å². The molecule has 4 rings (SSSR count). The van der Waals surface area contributed by atoms with Crippen LogP contribution in [0.3, 0.4) is 0 Å². The fourth-order valence-corrected chi connectivity index (χ4v) is 4.30. The van der Waals surface area contributed by atoms with Crippen LogP contribution >= 0.6 is 11.6 Å². The number of hydrogen-bond donors (Lipinski definition) is 1. The summed E-state index contributed by atoms with van der Waals surface area (Å²) >= 11 is 6.45. The highest BCUT2D eigenvalue weighted by Crippen LogP contribution is 2.25. The van der Waals surface area contributed by atoms with Crippen molar-refractivity contribution in [3.63, 3.8) is 0 Å². The molecule has 0 saturated carbocycles. The van der Waals surface area contributed by atoms with Gasteiger partial charge in [-0.25, -0.2) is 4.98 Å². The van der Waals surface area contributed by atoms with Crippen molar-refractivity contribution in [2.24, 2.45) is 5.92 Å². The lowest BCUT2D eigenvalue weighted by molar-refractivity contribution is -0.111. The number of aromatic nitrogens is 4. The average molecular weight is 426 g/mol. The van der Waals surface area contributed by atoms with Crippen LogP contribution in [0.5, 0.6) is 0 Å². The monoisotopic (exact) mass is 425 g/mol. The van der Waals surface area contributed by atoms with E-state index in [1.165, 1.54) is 25.3 Å². The van der Waals surface area contributed by atoms with E-state index in [-0.39, 0.29) is 5.91 Å². The number of rotatable bonds is 5. The van der Waals surface area contributed by atoms with E-state index in [2.05, 4.69) is 28.8 Å². The molecule has 1 aromatic carbocycles. The largest absolute Gasteiger partial charge is 0.328 e. The van der Waals surface area contributed by atoms with Gasteiger partial charge in [0.05, 0.1) is 16.7 Å². The predicted molar refractivity (Wildman–Crippen MR) is 122 cm³/mol. The Balaban J connectivity index is 1.49. The van der Waals surface area contributed by atoms with Crippen LogP contribution < -0.4 is 5.32 Å². The van der Waals surface area contributed by atoms with E-state index in [1.807, 2.05) is 25.1 Å². The lowest BCUT2D eigenvalue weighted by Crippen LogP contribution is -2.07. The Bertz CT molecular complexity index is 1110. The highest BCUT2D eigenvalue weighted by molar-refractivity contribution is 6.31. The van der Waals surface area contributed by atoms with E-state index in [0.717, 1.165) is 53.3 Å². The molecule has 1 aliphatic heterocycles. The number of amides is 1. The van der Waals surface area contributed by atoms with Crippen molar-refractivity contribution < 1.29 is 4.79 Å². The van der Waals surface area contributed by atoms with Crippen LogP contribution in [-0.4, -0.2) is 25.2 Å². The number of carbonyl (C=O) groups is 1. The van der Waals surface area contributed by atoms with E-state index in [4.69, 9.17) is 16.6 Å². The van der Waals surface area contributed by atoms with Crippen LogP contribution in [0, 0.1) is 12.8 Å². The summed E-state index contributed by atoms with van der Waals surface area (Å²) < 4.78 is 4.10. The summed E-state index contributed by atoms with van der Waals surface area (Å²) in [6, 6.07) is 5.93. The van der Waals surface area contributed by atoms with Crippen molar-refractivity contribution in [1.82, 2.24) is 19.3 Å². The van der Waals surface area contributed by atoms with Gasteiger partial charge in [-0.2, -0.15) is 5.10 Å². The zero-order valence-corrected chi connectivity index (χ0v) is 18.5. The molecule has 158 valence electrons. The molecule has 0 radical (unpaired) electrons. The SMILES string of the molecule is Cc1nn(CC(C)C)c(Cl)c1/C=C/C(=O)Nc1ccc2c(c1)nc1n2CCCCC1. The number of halogens is 1. The predicted octanol–water partition coefficient (Wildman–Crippen LogP) is 5.23. The molecular formula is C23H28ClN5O. The van der Waals surface area contributed by atoms with Gasteiger partial charge in [0.15, 0.2) is 0 Å². The Morgan fingerprint density at radius 2 is 2.13 bits per heavy atom. The van der Waals surface area contributed by atoms with Gasteiger partial charge < -0.3 is 9.88 Å². The number of hydrogen-bond acceptors (Lipinski definition) is 3. The number of fused-ring (bicyclic) bond motifs is 3. The summed E-state index contributed by atoms with van der Waals surface area (Å²) in [4.78, 5) is 17.3. The molecule has 0 spiro atoms. The molecule has 0 unspecified atom stereocenters. The second kappa shape index (κ2) is 8.64. The topological polar surface area (TPSA) is 64.7 Å². The number of aryl methyl sites for hydroxylation is 3. The van der Waals surface area contributed by atoms with Gasteiger partial charge in [0.1, 0.15) is 11.0 Å².